The first-order valence-corrected chi connectivity index (χ1v) is 3.94. The first-order chi connectivity index (χ1) is 5.24. The summed E-state index contributed by atoms with van der Waals surface area (Å²) >= 11 is 0. The molecule has 4 heteroatoms. The van der Waals surface area contributed by atoms with Gasteiger partial charge in [-0.25, -0.2) is 0 Å². The minimum Gasteiger partial charge on any atom is -0.330 e. The highest BCUT2D eigenvalue weighted by atomic mass is 14.9. The SMILES string of the molecule is CNCC(CN)(CN)CNC. The van der Waals surface area contributed by atoms with Gasteiger partial charge >= 0.3 is 0 Å². The first kappa shape index (κ1) is 10.8. The molecule has 6 N–H and O–H groups in total. The Labute approximate surface area is 68.7 Å². The average molecular weight is 160 g/mol. The van der Waals surface area contributed by atoms with Crippen molar-refractivity contribution in [3.63, 3.8) is 0 Å². The van der Waals surface area contributed by atoms with Crippen LogP contribution in [0.4, 0.5) is 0 Å². The predicted octanol–water partition coefficient (Wildman–Crippen LogP) is -1.67. The van der Waals surface area contributed by atoms with E-state index in [4.69, 9.17) is 11.5 Å². The van der Waals surface area contributed by atoms with Gasteiger partial charge in [0.2, 0.25) is 0 Å². The highest BCUT2D eigenvalue weighted by Crippen LogP contribution is 2.09. The van der Waals surface area contributed by atoms with Gasteiger partial charge in [0.25, 0.3) is 0 Å². The summed E-state index contributed by atoms with van der Waals surface area (Å²) in [5, 5.41) is 6.19. The van der Waals surface area contributed by atoms with Gasteiger partial charge in [-0.15, -0.1) is 0 Å². The summed E-state index contributed by atoms with van der Waals surface area (Å²) in [6.45, 7) is 2.96. The molecule has 0 aromatic carbocycles. The van der Waals surface area contributed by atoms with E-state index in [0.29, 0.717) is 13.1 Å². The fourth-order valence-electron chi connectivity index (χ4n) is 1.18. The van der Waals surface area contributed by atoms with Crippen LogP contribution in [0.25, 0.3) is 0 Å². The van der Waals surface area contributed by atoms with Crippen molar-refractivity contribution in [3.05, 3.63) is 0 Å². The molecule has 0 aliphatic rings. The summed E-state index contributed by atoms with van der Waals surface area (Å²) in [6, 6.07) is 0. The lowest BCUT2D eigenvalue weighted by atomic mass is 9.88. The second-order valence-corrected chi connectivity index (χ2v) is 2.97. The number of hydrogen-bond donors (Lipinski definition) is 4. The van der Waals surface area contributed by atoms with E-state index in [1.165, 1.54) is 0 Å². The Bertz CT molecular complexity index is 82.4. The maximum absolute atomic E-state index is 5.63. The Morgan fingerprint density at radius 1 is 1.00 bits per heavy atom. The highest BCUT2D eigenvalue weighted by Gasteiger charge is 2.24. The van der Waals surface area contributed by atoms with Gasteiger partial charge in [-0.05, 0) is 14.1 Å². The lowest BCUT2D eigenvalue weighted by Crippen LogP contribution is -2.50. The fraction of sp³-hybridized carbons (Fsp3) is 1.00. The van der Waals surface area contributed by atoms with Crippen molar-refractivity contribution >= 4 is 0 Å². The zero-order valence-electron chi connectivity index (χ0n) is 7.48. The van der Waals surface area contributed by atoms with Crippen LogP contribution in [-0.4, -0.2) is 40.3 Å². The normalized spacial score (nSPS) is 12.0. The Kier molecular flexibility index (Phi) is 5.41. The van der Waals surface area contributed by atoms with Gasteiger partial charge in [-0.1, -0.05) is 0 Å². The lowest BCUT2D eigenvalue weighted by molar-refractivity contribution is 0.291. The fourth-order valence-corrected chi connectivity index (χ4v) is 1.18. The van der Waals surface area contributed by atoms with Crippen molar-refractivity contribution < 1.29 is 0 Å². The molecule has 0 bridgehead atoms. The molecule has 0 unspecified atom stereocenters. The van der Waals surface area contributed by atoms with Gasteiger partial charge < -0.3 is 22.1 Å². The molecule has 0 aliphatic heterocycles. The summed E-state index contributed by atoms with van der Waals surface area (Å²) in [7, 11) is 3.82. The van der Waals surface area contributed by atoms with Crippen LogP contribution < -0.4 is 22.1 Å². The molecular weight excluding hydrogens is 140 g/mol. The Balaban J connectivity index is 3.96. The molecule has 0 aromatic rings. The zero-order chi connectivity index (χ0) is 8.74. The molecule has 0 aromatic heterocycles. The maximum atomic E-state index is 5.63. The Morgan fingerprint density at radius 2 is 1.36 bits per heavy atom. The van der Waals surface area contributed by atoms with Crippen molar-refractivity contribution in [2.75, 3.05) is 40.3 Å². The summed E-state index contributed by atoms with van der Waals surface area (Å²) < 4.78 is 0. The van der Waals surface area contributed by atoms with E-state index >= 15 is 0 Å². The predicted molar refractivity (Wildman–Crippen MR) is 48.4 cm³/mol. The molecule has 68 valence electrons. The molecule has 4 nitrogen and oxygen atoms in total. The van der Waals surface area contributed by atoms with E-state index in [2.05, 4.69) is 10.6 Å². The summed E-state index contributed by atoms with van der Waals surface area (Å²) in [5.41, 5.74) is 11.3. The quantitative estimate of drug-likeness (QED) is 0.375. The largest absolute Gasteiger partial charge is 0.330 e. The molecule has 0 heterocycles. The first-order valence-electron chi connectivity index (χ1n) is 3.94. The van der Waals surface area contributed by atoms with Crippen molar-refractivity contribution in [2.45, 2.75) is 0 Å². The van der Waals surface area contributed by atoms with Crippen molar-refractivity contribution in [2.24, 2.45) is 16.9 Å². The van der Waals surface area contributed by atoms with Crippen LogP contribution in [0.3, 0.4) is 0 Å². The summed E-state index contributed by atoms with van der Waals surface area (Å²) in [5.74, 6) is 0. The Hall–Kier alpha value is -0.160. The lowest BCUT2D eigenvalue weighted by Gasteiger charge is -2.30. The van der Waals surface area contributed by atoms with Gasteiger partial charge in [-0.3, -0.25) is 0 Å². The van der Waals surface area contributed by atoms with E-state index in [9.17, 15) is 0 Å². The molecule has 0 aliphatic carbocycles. The van der Waals surface area contributed by atoms with Crippen LogP contribution in [0.5, 0.6) is 0 Å². The van der Waals surface area contributed by atoms with E-state index < -0.39 is 0 Å². The molecular formula is C7H20N4. The maximum Gasteiger partial charge on any atom is 0.0197 e. The number of nitrogens with one attached hydrogen (secondary N) is 2. The highest BCUT2D eigenvalue weighted by molar-refractivity contribution is 4.84. The van der Waals surface area contributed by atoms with Crippen molar-refractivity contribution in [1.82, 2.24) is 10.6 Å². The standard InChI is InChI=1S/C7H20N4/c1-10-5-7(3-8,4-9)6-11-2/h10-11H,3-6,8-9H2,1-2H3. The third kappa shape index (κ3) is 3.16. The van der Waals surface area contributed by atoms with Gasteiger partial charge in [0, 0.05) is 31.6 Å². The molecule has 11 heavy (non-hydrogen) atoms. The topological polar surface area (TPSA) is 76.1 Å². The third-order valence-electron chi connectivity index (χ3n) is 1.97. The van der Waals surface area contributed by atoms with Crippen LogP contribution in [0.2, 0.25) is 0 Å². The molecule has 0 amide bonds. The van der Waals surface area contributed by atoms with Gasteiger partial charge in [-0.2, -0.15) is 0 Å². The summed E-state index contributed by atoms with van der Waals surface area (Å²) in [4.78, 5) is 0. The third-order valence-corrected chi connectivity index (χ3v) is 1.97. The molecule has 0 spiro atoms. The molecule has 0 atom stereocenters. The summed E-state index contributed by atoms with van der Waals surface area (Å²) in [6.07, 6.45) is 0. The van der Waals surface area contributed by atoms with E-state index in [0.717, 1.165) is 13.1 Å². The van der Waals surface area contributed by atoms with Crippen LogP contribution >= 0.6 is 0 Å². The van der Waals surface area contributed by atoms with E-state index in [-0.39, 0.29) is 5.41 Å². The van der Waals surface area contributed by atoms with Crippen LogP contribution in [-0.2, 0) is 0 Å². The van der Waals surface area contributed by atoms with Gasteiger partial charge in [0.1, 0.15) is 0 Å². The second kappa shape index (κ2) is 5.49. The van der Waals surface area contributed by atoms with Crippen molar-refractivity contribution in [1.29, 1.82) is 0 Å². The minimum absolute atomic E-state index is 0.0174. The van der Waals surface area contributed by atoms with Crippen LogP contribution in [0, 0.1) is 5.41 Å². The molecule has 0 rings (SSSR count). The second-order valence-electron chi connectivity index (χ2n) is 2.97. The molecule has 0 saturated heterocycles. The minimum atomic E-state index is 0.0174. The van der Waals surface area contributed by atoms with Crippen molar-refractivity contribution in [3.8, 4) is 0 Å². The molecule has 0 fully saturated rings. The zero-order valence-corrected chi connectivity index (χ0v) is 7.48. The van der Waals surface area contributed by atoms with E-state index in [1.807, 2.05) is 14.1 Å². The van der Waals surface area contributed by atoms with E-state index in [1.54, 1.807) is 0 Å². The van der Waals surface area contributed by atoms with Gasteiger partial charge in [0.15, 0.2) is 0 Å². The van der Waals surface area contributed by atoms with Crippen LogP contribution in [0.1, 0.15) is 0 Å². The molecule has 0 saturated carbocycles. The monoisotopic (exact) mass is 160 g/mol. The smallest absolute Gasteiger partial charge is 0.0197 e. The average Bonchev–Trinajstić information content (AvgIpc) is 2.04. The number of nitrogens with two attached hydrogens (primary N) is 2. The van der Waals surface area contributed by atoms with Gasteiger partial charge in [0.05, 0.1) is 0 Å². The molecule has 0 radical (unpaired) electrons. The number of rotatable bonds is 6. The van der Waals surface area contributed by atoms with Crippen LogP contribution in [0.15, 0.2) is 0 Å². The number of hydrogen-bond acceptors (Lipinski definition) is 4. The Morgan fingerprint density at radius 3 is 1.55 bits per heavy atom.